The second-order valence-electron chi connectivity index (χ2n) is 5.14. The fraction of sp³-hybridized carbons (Fsp3) is 0.250. The molecule has 130 valence electrons. The maximum Gasteiger partial charge on any atom is 0.416 e. The minimum atomic E-state index is -4.46. The largest absolute Gasteiger partial charge is 0.416 e. The lowest BCUT2D eigenvalue weighted by molar-refractivity contribution is -0.138. The van der Waals surface area contributed by atoms with Crippen LogP contribution >= 0.6 is 0 Å². The molecule has 2 nitrogen and oxygen atoms in total. The minimum absolute atomic E-state index is 0.0384. The summed E-state index contributed by atoms with van der Waals surface area (Å²) >= 11 is 0. The van der Waals surface area contributed by atoms with Gasteiger partial charge >= 0.3 is 12.4 Å². The Morgan fingerprint density at radius 1 is 0.833 bits per heavy atom. The molecule has 0 fully saturated rings. The lowest BCUT2D eigenvalue weighted by atomic mass is 10.1. The van der Waals surface area contributed by atoms with Crippen molar-refractivity contribution in [2.45, 2.75) is 18.9 Å². The van der Waals surface area contributed by atoms with Crippen LogP contribution in [0.2, 0.25) is 0 Å². The summed E-state index contributed by atoms with van der Waals surface area (Å²) in [5, 5.41) is 1.33. The third-order valence-corrected chi connectivity index (χ3v) is 3.34. The molecule has 0 radical (unpaired) electrons. The van der Waals surface area contributed by atoms with E-state index in [-0.39, 0.29) is 12.2 Å². The monoisotopic (exact) mass is 348 g/mol. The zero-order valence-electron chi connectivity index (χ0n) is 12.5. The molecule has 0 bridgehead atoms. The Kier molecular flexibility index (Phi) is 5.08. The van der Waals surface area contributed by atoms with Gasteiger partial charge in [0.1, 0.15) is 0 Å². The van der Waals surface area contributed by atoms with E-state index in [1.54, 1.807) is 0 Å². The molecular formula is C16H14F6N2. The molecule has 0 aliphatic rings. The molecule has 0 aromatic heterocycles. The van der Waals surface area contributed by atoms with Crippen LogP contribution in [-0.4, -0.2) is 7.05 Å². The number of nitrogens with zero attached hydrogens (tertiary/aromatic N) is 1. The molecule has 1 N–H and O–H groups in total. The zero-order valence-corrected chi connectivity index (χ0v) is 12.5. The van der Waals surface area contributed by atoms with Crippen LogP contribution in [0.25, 0.3) is 0 Å². The Balaban J connectivity index is 2.07. The van der Waals surface area contributed by atoms with Gasteiger partial charge in [-0.2, -0.15) is 26.3 Å². The molecule has 2 rings (SSSR count). The van der Waals surface area contributed by atoms with Gasteiger partial charge < -0.3 is 5.01 Å². The molecule has 0 saturated carbocycles. The van der Waals surface area contributed by atoms with Crippen LogP contribution < -0.4 is 10.4 Å². The third kappa shape index (κ3) is 4.64. The number of rotatable bonds is 4. The van der Waals surface area contributed by atoms with Crippen LogP contribution in [-0.2, 0) is 18.9 Å². The summed E-state index contributed by atoms with van der Waals surface area (Å²) in [7, 11) is 1.49. The van der Waals surface area contributed by atoms with E-state index in [4.69, 9.17) is 0 Å². The number of halogens is 6. The van der Waals surface area contributed by atoms with E-state index in [2.05, 4.69) is 5.43 Å². The smallest absolute Gasteiger partial charge is 0.311 e. The Morgan fingerprint density at radius 3 is 1.96 bits per heavy atom. The van der Waals surface area contributed by atoms with Crippen LogP contribution in [0.1, 0.15) is 16.7 Å². The fourth-order valence-corrected chi connectivity index (χ4v) is 2.05. The Morgan fingerprint density at radius 2 is 1.38 bits per heavy atom. The third-order valence-electron chi connectivity index (χ3n) is 3.34. The van der Waals surface area contributed by atoms with Crippen LogP contribution in [0.5, 0.6) is 0 Å². The highest BCUT2D eigenvalue weighted by molar-refractivity contribution is 5.47. The van der Waals surface area contributed by atoms with Gasteiger partial charge in [-0.05, 0) is 29.8 Å². The number of anilines is 1. The molecule has 0 aliphatic carbocycles. The standard InChI is InChI=1S/C16H14F6N2/c1-24(14-7-3-6-13(9-14)16(20,21)22)23-10-11-4-2-5-12(8-11)15(17,18)19/h2-9,23H,10H2,1H3. The van der Waals surface area contributed by atoms with Crippen molar-refractivity contribution in [2.24, 2.45) is 0 Å². The van der Waals surface area contributed by atoms with E-state index in [1.165, 1.54) is 36.3 Å². The average Bonchev–Trinajstić information content (AvgIpc) is 2.51. The molecule has 0 atom stereocenters. The average molecular weight is 348 g/mol. The molecule has 2 aromatic rings. The quantitative estimate of drug-likeness (QED) is 0.627. The van der Waals surface area contributed by atoms with E-state index in [1.807, 2.05) is 0 Å². The second kappa shape index (κ2) is 6.72. The molecule has 0 saturated heterocycles. The van der Waals surface area contributed by atoms with Gasteiger partial charge in [-0.15, -0.1) is 0 Å². The van der Waals surface area contributed by atoms with E-state index in [0.29, 0.717) is 5.56 Å². The first kappa shape index (κ1) is 18.1. The highest BCUT2D eigenvalue weighted by atomic mass is 19.4. The van der Waals surface area contributed by atoms with Crippen LogP contribution in [0.3, 0.4) is 0 Å². The summed E-state index contributed by atoms with van der Waals surface area (Å²) in [6, 6.07) is 9.37. The topological polar surface area (TPSA) is 15.3 Å². The number of hydrogen-bond donors (Lipinski definition) is 1. The van der Waals surface area contributed by atoms with Crippen LogP contribution in [0, 0.1) is 0 Å². The number of hydrogen-bond acceptors (Lipinski definition) is 2. The van der Waals surface area contributed by atoms with Crippen molar-refractivity contribution in [3.05, 3.63) is 65.2 Å². The number of alkyl halides is 6. The molecule has 0 heterocycles. The Labute approximate surface area is 134 Å². The number of nitrogens with one attached hydrogen (secondary N) is 1. The molecule has 0 aliphatic heterocycles. The normalized spacial score (nSPS) is 12.3. The van der Waals surface area contributed by atoms with Crippen molar-refractivity contribution in [3.63, 3.8) is 0 Å². The van der Waals surface area contributed by atoms with Gasteiger partial charge in [0.25, 0.3) is 0 Å². The molecule has 8 heteroatoms. The van der Waals surface area contributed by atoms with Crippen molar-refractivity contribution >= 4 is 5.69 Å². The maximum atomic E-state index is 12.7. The Hall–Kier alpha value is -2.22. The predicted molar refractivity (Wildman–Crippen MR) is 78.1 cm³/mol. The van der Waals surface area contributed by atoms with E-state index < -0.39 is 23.5 Å². The first-order chi connectivity index (χ1) is 11.1. The van der Waals surface area contributed by atoms with E-state index in [9.17, 15) is 26.3 Å². The molecule has 2 aromatic carbocycles. The molecular weight excluding hydrogens is 334 g/mol. The minimum Gasteiger partial charge on any atom is -0.311 e. The van der Waals surface area contributed by atoms with Crippen LogP contribution in [0.15, 0.2) is 48.5 Å². The van der Waals surface area contributed by atoms with Gasteiger partial charge in [-0.1, -0.05) is 24.3 Å². The SMILES string of the molecule is CN(NCc1cccc(C(F)(F)F)c1)c1cccc(C(F)(F)F)c1. The van der Waals surface area contributed by atoms with Crippen molar-refractivity contribution in [2.75, 3.05) is 12.1 Å². The summed E-state index contributed by atoms with van der Waals surface area (Å²) in [5.41, 5.74) is 1.81. The first-order valence-corrected chi connectivity index (χ1v) is 6.88. The molecule has 0 amide bonds. The Bertz CT molecular complexity index is 693. The van der Waals surface area contributed by atoms with Gasteiger partial charge in [-0.3, -0.25) is 0 Å². The summed E-state index contributed by atoms with van der Waals surface area (Å²) in [6.07, 6.45) is -8.90. The lowest BCUT2D eigenvalue weighted by Crippen LogP contribution is -2.33. The van der Waals surface area contributed by atoms with Gasteiger partial charge in [-0.25, -0.2) is 5.43 Å². The summed E-state index contributed by atoms with van der Waals surface area (Å²) in [6.45, 7) is 0.0384. The van der Waals surface area contributed by atoms with Crippen molar-refractivity contribution in [1.29, 1.82) is 0 Å². The summed E-state index contributed by atoms with van der Waals surface area (Å²) in [4.78, 5) is 0. The van der Waals surface area contributed by atoms with Crippen molar-refractivity contribution in [3.8, 4) is 0 Å². The van der Waals surface area contributed by atoms with E-state index >= 15 is 0 Å². The predicted octanol–water partition coefficient (Wildman–Crippen LogP) is 4.87. The highest BCUT2D eigenvalue weighted by Gasteiger charge is 2.31. The zero-order chi connectivity index (χ0) is 18.0. The van der Waals surface area contributed by atoms with Crippen molar-refractivity contribution < 1.29 is 26.3 Å². The van der Waals surface area contributed by atoms with Gasteiger partial charge in [0.05, 0.1) is 16.8 Å². The second-order valence-corrected chi connectivity index (χ2v) is 5.14. The fourth-order valence-electron chi connectivity index (χ4n) is 2.05. The lowest BCUT2D eigenvalue weighted by Gasteiger charge is -2.22. The molecule has 0 unspecified atom stereocenters. The number of benzene rings is 2. The van der Waals surface area contributed by atoms with Gasteiger partial charge in [0.2, 0.25) is 0 Å². The number of hydrazine groups is 1. The van der Waals surface area contributed by atoms with E-state index in [0.717, 1.165) is 24.3 Å². The summed E-state index contributed by atoms with van der Waals surface area (Å²) in [5.74, 6) is 0. The van der Waals surface area contributed by atoms with Crippen LogP contribution in [0.4, 0.5) is 32.0 Å². The van der Waals surface area contributed by atoms with Crippen molar-refractivity contribution in [1.82, 2.24) is 5.43 Å². The van der Waals surface area contributed by atoms with Gasteiger partial charge in [0.15, 0.2) is 0 Å². The van der Waals surface area contributed by atoms with Gasteiger partial charge in [0, 0.05) is 13.6 Å². The maximum absolute atomic E-state index is 12.7. The highest BCUT2D eigenvalue weighted by Crippen LogP contribution is 2.31. The summed E-state index contributed by atoms with van der Waals surface area (Å²) < 4.78 is 76.0. The first-order valence-electron chi connectivity index (χ1n) is 6.88. The molecule has 0 spiro atoms. The molecule has 24 heavy (non-hydrogen) atoms.